The number of carbonyl (C=O) groups is 5. The van der Waals surface area contributed by atoms with E-state index in [2.05, 4.69) is 17.2 Å². The molecule has 3 aliphatic heterocycles. The Kier molecular flexibility index (Phi) is 9.47. The highest BCUT2D eigenvalue weighted by Crippen LogP contribution is 2.45. The molecule has 1 saturated heterocycles. The van der Waals surface area contributed by atoms with Gasteiger partial charge >= 0.3 is 12.3 Å². The first-order chi connectivity index (χ1) is 23.6. The Hall–Kier alpha value is -4.41. The van der Waals surface area contributed by atoms with Crippen molar-refractivity contribution in [2.45, 2.75) is 99.6 Å². The normalized spacial score (nSPS) is 29.3. The van der Waals surface area contributed by atoms with E-state index in [0.717, 1.165) is 21.6 Å². The van der Waals surface area contributed by atoms with Gasteiger partial charge in [-0.05, 0) is 48.8 Å². The van der Waals surface area contributed by atoms with Crippen LogP contribution in [0.5, 0.6) is 0 Å². The number of allylic oxidation sites excluding steroid dienone is 1. The summed E-state index contributed by atoms with van der Waals surface area (Å²) in [7, 11) is -4.00. The second-order valence-electron chi connectivity index (χ2n) is 13.5. The molecule has 1 aromatic rings. The highest BCUT2D eigenvalue weighted by atomic mass is 32.2. The van der Waals surface area contributed by atoms with E-state index >= 15 is 0 Å². The van der Waals surface area contributed by atoms with Gasteiger partial charge in [0, 0.05) is 25.3 Å². The summed E-state index contributed by atoms with van der Waals surface area (Å²) in [4.78, 5) is 69.5. The zero-order chi connectivity index (χ0) is 36.0. The summed E-state index contributed by atoms with van der Waals surface area (Å²) in [6.45, 7) is 3.62. The second kappa shape index (κ2) is 13.4. The molecule has 6 rings (SSSR count). The van der Waals surface area contributed by atoms with Crippen molar-refractivity contribution >= 4 is 45.8 Å². The SMILES string of the molecule is C=C[C@@H]1C[C@]1(NC(=O)[C@@H]1C[C@@H]2CN1C(=O)[C@H](CC(F)(F)F)NC(=O)CCC/C=C/c1cccc3c1CN(C3)C(=O)O2)C(=O)NS(=O)(=O)C1CC1. The van der Waals surface area contributed by atoms with Gasteiger partial charge in [-0.3, -0.25) is 28.8 Å². The van der Waals surface area contributed by atoms with E-state index in [1.54, 1.807) is 0 Å². The average Bonchev–Trinajstić information content (AvgIpc) is 3.93. The average molecular weight is 722 g/mol. The van der Waals surface area contributed by atoms with Crippen LogP contribution in [0.4, 0.5) is 18.0 Å². The van der Waals surface area contributed by atoms with Crippen molar-refractivity contribution in [1.82, 2.24) is 25.2 Å². The largest absolute Gasteiger partial charge is 0.444 e. The van der Waals surface area contributed by atoms with Gasteiger partial charge in [0.1, 0.15) is 23.7 Å². The van der Waals surface area contributed by atoms with Gasteiger partial charge in [-0.1, -0.05) is 36.4 Å². The lowest BCUT2D eigenvalue weighted by atomic mass is 10.0. The van der Waals surface area contributed by atoms with Crippen LogP contribution in [-0.4, -0.2) is 89.6 Å². The summed E-state index contributed by atoms with van der Waals surface area (Å²) in [5, 5.41) is 3.99. The van der Waals surface area contributed by atoms with E-state index in [-0.39, 0.29) is 38.8 Å². The molecular formula is C33H38F3N5O8S. The van der Waals surface area contributed by atoms with E-state index in [1.807, 2.05) is 35.1 Å². The Balaban J connectivity index is 1.28. The van der Waals surface area contributed by atoms with Crippen molar-refractivity contribution in [2.24, 2.45) is 5.92 Å². The van der Waals surface area contributed by atoms with Crippen LogP contribution in [0.15, 0.2) is 36.9 Å². The van der Waals surface area contributed by atoms with Crippen LogP contribution in [0, 0.1) is 5.92 Å². The molecule has 13 nitrogen and oxygen atoms in total. The number of carbonyl (C=O) groups excluding carboxylic acids is 5. The lowest BCUT2D eigenvalue weighted by molar-refractivity contribution is -0.157. The minimum Gasteiger partial charge on any atom is -0.444 e. The van der Waals surface area contributed by atoms with Crippen LogP contribution in [0.2, 0.25) is 0 Å². The lowest BCUT2D eigenvalue weighted by Crippen LogP contribution is -2.58. The maximum absolute atomic E-state index is 13.9. The van der Waals surface area contributed by atoms with Gasteiger partial charge in [-0.2, -0.15) is 13.2 Å². The summed E-state index contributed by atoms with van der Waals surface area (Å²) >= 11 is 0. The summed E-state index contributed by atoms with van der Waals surface area (Å²) in [6, 6.07) is 1.98. The van der Waals surface area contributed by atoms with E-state index in [4.69, 9.17) is 4.74 Å². The fourth-order valence-corrected chi connectivity index (χ4v) is 8.20. The second-order valence-corrected chi connectivity index (χ2v) is 15.5. The Labute approximate surface area is 286 Å². The third kappa shape index (κ3) is 7.51. The van der Waals surface area contributed by atoms with Crippen molar-refractivity contribution in [3.8, 4) is 0 Å². The third-order valence-electron chi connectivity index (χ3n) is 9.78. The van der Waals surface area contributed by atoms with E-state index < -0.39 is 93.8 Å². The molecule has 3 N–H and O–H groups in total. The van der Waals surface area contributed by atoms with Crippen LogP contribution in [0.25, 0.3) is 6.08 Å². The van der Waals surface area contributed by atoms with Crippen molar-refractivity contribution in [3.05, 3.63) is 53.6 Å². The number of hydrogen-bond acceptors (Lipinski definition) is 8. The number of fused-ring (bicyclic) bond motifs is 3. The summed E-state index contributed by atoms with van der Waals surface area (Å²) in [5.74, 6) is -4.65. The van der Waals surface area contributed by atoms with Crippen LogP contribution in [0.1, 0.15) is 68.1 Å². The quantitative estimate of drug-likeness (QED) is 0.361. The Morgan fingerprint density at radius 1 is 1.16 bits per heavy atom. The molecule has 5 amide bonds. The predicted molar refractivity (Wildman–Crippen MR) is 171 cm³/mol. The molecule has 50 heavy (non-hydrogen) atoms. The van der Waals surface area contributed by atoms with Crippen molar-refractivity contribution < 1.29 is 50.3 Å². The Morgan fingerprint density at radius 2 is 1.92 bits per heavy atom. The lowest BCUT2D eigenvalue weighted by Gasteiger charge is -2.30. The topological polar surface area (TPSA) is 171 Å². The van der Waals surface area contributed by atoms with E-state index in [0.29, 0.717) is 19.3 Å². The fourth-order valence-electron chi connectivity index (χ4n) is 6.83. The van der Waals surface area contributed by atoms with Crippen LogP contribution in [-0.2, 0) is 47.0 Å². The maximum Gasteiger partial charge on any atom is 0.410 e. The standard InChI is InChI=1S/C33H38F3N5O8S/c1-2-21-14-32(21,30(45)39-50(47,48)23-11-12-23)38-28(43)26-13-22-17-41(26)29(44)25(15-33(34,35)36)37-27(42)10-5-3-4-7-19-8-6-9-20-16-40(18-24(19)20)31(46)49-22/h2,4,6-9,21-23,25-26H,1,3,5,10-18H2,(H,37,42)(H,38,43)(H,39,45)/b7-4+/t21-,22-,25+,26+,32-/m1/s1. The minimum absolute atomic E-state index is 0.00748. The highest BCUT2D eigenvalue weighted by molar-refractivity contribution is 7.91. The number of nitrogens with one attached hydrogen (secondary N) is 3. The fraction of sp³-hybridized carbons (Fsp3) is 0.545. The third-order valence-corrected chi connectivity index (χ3v) is 11.6. The summed E-state index contributed by atoms with van der Waals surface area (Å²) in [6.07, 6.45) is -2.49. The number of benzene rings is 1. The molecule has 0 spiro atoms. The number of hydrogen-bond donors (Lipinski definition) is 3. The molecule has 270 valence electrons. The van der Waals surface area contributed by atoms with Gasteiger partial charge in [0.15, 0.2) is 0 Å². The maximum atomic E-state index is 13.9. The molecule has 1 aromatic carbocycles. The van der Waals surface area contributed by atoms with Gasteiger partial charge in [0.2, 0.25) is 27.7 Å². The number of nitrogens with zero attached hydrogens (tertiary/aromatic N) is 2. The zero-order valence-corrected chi connectivity index (χ0v) is 27.9. The number of alkyl halides is 3. The first kappa shape index (κ1) is 35.4. The van der Waals surface area contributed by atoms with E-state index in [1.165, 1.54) is 11.0 Å². The smallest absolute Gasteiger partial charge is 0.410 e. The van der Waals surface area contributed by atoms with Crippen LogP contribution in [0.3, 0.4) is 0 Å². The molecule has 17 heteroatoms. The van der Waals surface area contributed by atoms with Gasteiger partial charge in [0.25, 0.3) is 5.91 Å². The number of ether oxygens (including phenoxy) is 1. The Morgan fingerprint density at radius 3 is 2.60 bits per heavy atom. The predicted octanol–water partition coefficient (Wildman–Crippen LogP) is 2.41. The first-order valence-corrected chi connectivity index (χ1v) is 18.0. The van der Waals surface area contributed by atoms with Crippen molar-refractivity contribution in [2.75, 3.05) is 6.54 Å². The molecule has 4 bridgehead atoms. The Bertz CT molecular complexity index is 1750. The molecule has 5 aliphatic rings. The highest BCUT2D eigenvalue weighted by Gasteiger charge is 2.62. The van der Waals surface area contributed by atoms with Crippen molar-refractivity contribution in [1.29, 1.82) is 0 Å². The zero-order valence-electron chi connectivity index (χ0n) is 27.0. The summed E-state index contributed by atoms with van der Waals surface area (Å²) in [5.41, 5.74) is 0.932. The first-order valence-electron chi connectivity index (χ1n) is 16.5. The molecule has 3 fully saturated rings. The summed E-state index contributed by atoms with van der Waals surface area (Å²) < 4.78 is 74.0. The van der Waals surface area contributed by atoms with E-state index in [9.17, 15) is 45.6 Å². The number of halogens is 3. The van der Waals surface area contributed by atoms with Crippen molar-refractivity contribution in [3.63, 3.8) is 0 Å². The molecule has 0 unspecified atom stereocenters. The molecule has 0 radical (unpaired) electrons. The van der Waals surface area contributed by atoms with Gasteiger partial charge in [0.05, 0.1) is 24.8 Å². The minimum atomic E-state index is -4.88. The van der Waals surface area contributed by atoms with Crippen LogP contribution < -0.4 is 15.4 Å². The number of rotatable bonds is 7. The number of sulfonamides is 1. The van der Waals surface area contributed by atoms with Crippen LogP contribution >= 0.6 is 0 Å². The molecule has 2 aliphatic carbocycles. The van der Waals surface area contributed by atoms with Gasteiger partial charge in [-0.15, -0.1) is 6.58 Å². The molecule has 3 heterocycles. The molecule has 0 aromatic heterocycles. The monoisotopic (exact) mass is 721 g/mol. The van der Waals surface area contributed by atoms with Gasteiger partial charge < -0.3 is 20.3 Å². The molecule has 2 saturated carbocycles. The van der Waals surface area contributed by atoms with Gasteiger partial charge in [-0.25, -0.2) is 13.2 Å². The molecule has 5 atom stereocenters. The number of amides is 5. The molecular weight excluding hydrogens is 683 g/mol.